The highest BCUT2D eigenvalue weighted by molar-refractivity contribution is 5.94. The van der Waals surface area contributed by atoms with Crippen LogP contribution in [0.5, 0.6) is 5.75 Å². The Labute approximate surface area is 166 Å². The summed E-state index contributed by atoms with van der Waals surface area (Å²) >= 11 is 0. The number of carbonyl (C=O) groups excluding carboxylic acids is 1. The summed E-state index contributed by atoms with van der Waals surface area (Å²) in [6.45, 7) is 1.59. The number of benzene rings is 2. The van der Waals surface area contributed by atoms with E-state index >= 15 is 0 Å². The van der Waals surface area contributed by atoms with Crippen LogP contribution in [0.1, 0.15) is 41.1 Å². The Bertz CT molecular complexity index is 899. The molecule has 1 aromatic heterocycles. The van der Waals surface area contributed by atoms with Crippen LogP contribution in [0.15, 0.2) is 73.1 Å². The molecule has 4 nitrogen and oxygen atoms in total. The molecular formula is C24H26N2O2. The monoisotopic (exact) mass is 374 g/mol. The zero-order valence-corrected chi connectivity index (χ0v) is 16.3. The molecule has 0 aliphatic carbocycles. The lowest BCUT2D eigenvalue weighted by Gasteiger charge is -2.25. The van der Waals surface area contributed by atoms with E-state index in [1.165, 1.54) is 5.56 Å². The van der Waals surface area contributed by atoms with E-state index in [9.17, 15) is 4.79 Å². The van der Waals surface area contributed by atoms with Crippen LogP contribution in [0.3, 0.4) is 0 Å². The van der Waals surface area contributed by atoms with Crippen LogP contribution in [-0.4, -0.2) is 35.6 Å². The Balaban J connectivity index is 1.49. The van der Waals surface area contributed by atoms with Gasteiger partial charge in [0.2, 0.25) is 0 Å². The first-order chi connectivity index (χ1) is 13.7. The molecule has 144 valence electrons. The summed E-state index contributed by atoms with van der Waals surface area (Å²) in [5, 5.41) is 0. The van der Waals surface area contributed by atoms with Gasteiger partial charge < -0.3 is 14.2 Å². The number of nitrogens with zero attached hydrogens (tertiary/aromatic N) is 2. The van der Waals surface area contributed by atoms with Gasteiger partial charge in [0.15, 0.2) is 0 Å². The number of carbonyl (C=O) groups is 1. The lowest BCUT2D eigenvalue weighted by atomic mass is 9.94. The van der Waals surface area contributed by atoms with Gasteiger partial charge in [-0.3, -0.25) is 4.79 Å². The number of rotatable bonds is 4. The highest BCUT2D eigenvalue weighted by atomic mass is 16.5. The average molecular weight is 374 g/mol. The Morgan fingerprint density at radius 2 is 1.68 bits per heavy atom. The summed E-state index contributed by atoms with van der Waals surface area (Å²) in [5.41, 5.74) is 3.10. The molecule has 1 fully saturated rings. The van der Waals surface area contributed by atoms with Crippen molar-refractivity contribution in [3.05, 3.63) is 84.2 Å². The highest BCUT2D eigenvalue weighted by Crippen LogP contribution is 2.28. The van der Waals surface area contributed by atoms with Crippen molar-refractivity contribution in [3.63, 3.8) is 0 Å². The van der Waals surface area contributed by atoms with Gasteiger partial charge in [-0.15, -0.1) is 0 Å². The van der Waals surface area contributed by atoms with Gasteiger partial charge in [0, 0.05) is 42.7 Å². The Morgan fingerprint density at radius 1 is 0.964 bits per heavy atom. The molecule has 0 saturated carbocycles. The number of aromatic nitrogens is 1. The number of likely N-dealkylation sites (tertiary alicyclic amines) is 1. The standard InChI is InChI=1S/C24H26N2O2/c1-28-23-13-9-19(10-14-23)21-6-2-3-17-26(18-21)24(27)20-7-11-22(12-8-20)25-15-4-5-16-25/h4-5,7-16,21H,2-3,6,17-18H2,1H3. The van der Waals surface area contributed by atoms with Gasteiger partial charge in [-0.25, -0.2) is 0 Å². The SMILES string of the molecule is COc1ccc(C2CCCCN(C(=O)c3ccc(-n4cccc4)cc3)C2)cc1. The second-order valence-corrected chi connectivity index (χ2v) is 7.35. The van der Waals surface area contributed by atoms with Crippen molar-refractivity contribution in [2.75, 3.05) is 20.2 Å². The molecule has 28 heavy (non-hydrogen) atoms. The van der Waals surface area contributed by atoms with Gasteiger partial charge in [-0.1, -0.05) is 18.6 Å². The molecule has 2 heterocycles. The van der Waals surface area contributed by atoms with Crippen molar-refractivity contribution in [1.82, 2.24) is 9.47 Å². The van der Waals surface area contributed by atoms with Gasteiger partial charge in [0.05, 0.1) is 7.11 Å². The van der Waals surface area contributed by atoms with Gasteiger partial charge in [-0.05, 0) is 66.9 Å². The quantitative estimate of drug-likeness (QED) is 0.651. The zero-order chi connectivity index (χ0) is 19.3. The summed E-state index contributed by atoms with van der Waals surface area (Å²) < 4.78 is 7.31. The van der Waals surface area contributed by atoms with Crippen LogP contribution in [0.4, 0.5) is 0 Å². The number of hydrogen-bond donors (Lipinski definition) is 0. The lowest BCUT2D eigenvalue weighted by molar-refractivity contribution is 0.0754. The van der Waals surface area contributed by atoms with Gasteiger partial charge in [-0.2, -0.15) is 0 Å². The van der Waals surface area contributed by atoms with Gasteiger partial charge in [0.25, 0.3) is 5.91 Å². The summed E-state index contributed by atoms with van der Waals surface area (Å²) in [4.78, 5) is 15.1. The van der Waals surface area contributed by atoms with E-state index in [0.717, 1.165) is 49.4 Å². The molecule has 3 aromatic rings. The van der Waals surface area contributed by atoms with Gasteiger partial charge >= 0.3 is 0 Å². The van der Waals surface area contributed by atoms with Crippen LogP contribution in [0.25, 0.3) is 5.69 Å². The Kier molecular flexibility index (Phi) is 5.47. The zero-order valence-electron chi connectivity index (χ0n) is 16.3. The van der Waals surface area contributed by atoms with E-state index in [4.69, 9.17) is 4.74 Å². The van der Waals surface area contributed by atoms with E-state index in [1.807, 2.05) is 70.4 Å². The minimum Gasteiger partial charge on any atom is -0.497 e. The number of amides is 1. The highest BCUT2D eigenvalue weighted by Gasteiger charge is 2.24. The third kappa shape index (κ3) is 3.96. The van der Waals surface area contributed by atoms with Crippen LogP contribution in [-0.2, 0) is 0 Å². The predicted octanol–water partition coefficient (Wildman–Crippen LogP) is 4.90. The maximum Gasteiger partial charge on any atom is 0.253 e. The van der Waals surface area contributed by atoms with Crippen molar-refractivity contribution in [2.45, 2.75) is 25.2 Å². The minimum atomic E-state index is 0.125. The molecule has 0 spiro atoms. The smallest absolute Gasteiger partial charge is 0.253 e. The fraction of sp³-hybridized carbons (Fsp3) is 0.292. The Hall–Kier alpha value is -3.01. The topological polar surface area (TPSA) is 34.5 Å². The van der Waals surface area contributed by atoms with Crippen molar-refractivity contribution in [2.24, 2.45) is 0 Å². The molecule has 1 amide bonds. The molecule has 1 atom stereocenters. The summed E-state index contributed by atoms with van der Waals surface area (Å²) in [5.74, 6) is 1.36. The molecule has 1 aliphatic rings. The molecule has 0 N–H and O–H groups in total. The van der Waals surface area contributed by atoms with E-state index in [1.54, 1.807) is 7.11 Å². The fourth-order valence-corrected chi connectivity index (χ4v) is 3.94. The molecule has 4 heteroatoms. The molecule has 1 unspecified atom stereocenters. The van der Waals surface area contributed by atoms with Crippen molar-refractivity contribution in [3.8, 4) is 11.4 Å². The normalized spacial score (nSPS) is 17.2. The first-order valence-electron chi connectivity index (χ1n) is 9.91. The summed E-state index contributed by atoms with van der Waals surface area (Å²) in [7, 11) is 1.68. The van der Waals surface area contributed by atoms with E-state index < -0.39 is 0 Å². The van der Waals surface area contributed by atoms with Crippen molar-refractivity contribution >= 4 is 5.91 Å². The van der Waals surface area contributed by atoms with Crippen LogP contribution >= 0.6 is 0 Å². The van der Waals surface area contributed by atoms with E-state index in [0.29, 0.717) is 5.92 Å². The second kappa shape index (κ2) is 8.34. The predicted molar refractivity (Wildman–Crippen MR) is 111 cm³/mol. The van der Waals surface area contributed by atoms with Gasteiger partial charge in [0.1, 0.15) is 5.75 Å². The third-order valence-electron chi connectivity index (χ3n) is 5.56. The molecule has 0 bridgehead atoms. The van der Waals surface area contributed by atoms with E-state index in [2.05, 4.69) is 12.1 Å². The van der Waals surface area contributed by atoms with E-state index in [-0.39, 0.29) is 5.91 Å². The molecule has 2 aromatic carbocycles. The Morgan fingerprint density at radius 3 is 2.36 bits per heavy atom. The minimum absolute atomic E-state index is 0.125. The maximum atomic E-state index is 13.1. The van der Waals surface area contributed by atoms with Crippen LogP contribution in [0, 0.1) is 0 Å². The number of hydrogen-bond acceptors (Lipinski definition) is 2. The fourth-order valence-electron chi connectivity index (χ4n) is 3.94. The number of ether oxygens (including phenoxy) is 1. The number of methoxy groups -OCH3 is 1. The van der Waals surface area contributed by atoms with Crippen molar-refractivity contribution < 1.29 is 9.53 Å². The largest absolute Gasteiger partial charge is 0.497 e. The molecule has 1 aliphatic heterocycles. The maximum absolute atomic E-state index is 13.1. The second-order valence-electron chi connectivity index (χ2n) is 7.35. The van der Waals surface area contributed by atoms with Crippen LogP contribution < -0.4 is 4.74 Å². The lowest BCUT2D eigenvalue weighted by Crippen LogP contribution is -2.34. The molecule has 0 radical (unpaired) electrons. The summed E-state index contributed by atoms with van der Waals surface area (Å²) in [6.07, 6.45) is 7.33. The third-order valence-corrected chi connectivity index (χ3v) is 5.56. The summed E-state index contributed by atoms with van der Waals surface area (Å²) in [6, 6.07) is 20.1. The molecular weight excluding hydrogens is 348 g/mol. The first-order valence-corrected chi connectivity index (χ1v) is 9.91. The van der Waals surface area contributed by atoms with Crippen LogP contribution in [0.2, 0.25) is 0 Å². The molecule has 4 rings (SSSR count). The average Bonchev–Trinajstić information content (AvgIpc) is 3.18. The molecule has 1 saturated heterocycles. The first kappa shape index (κ1) is 18.4. The van der Waals surface area contributed by atoms with Crippen molar-refractivity contribution in [1.29, 1.82) is 0 Å².